The Morgan fingerprint density at radius 1 is 0.644 bits per heavy atom. The van der Waals surface area contributed by atoms with Crippen LogP contribution in [-0.4, -0.2) is 12.6 Å². The van der Waals surface area contributed by atoms with E-state index >= 15 is 0 Å². The van der Waals surface area contributed by atoms with Crippen molar-refractivity contribution in [3.63, 3.8) is 0 Å². The Morgan fingerprint density at radius 2 is 1.24 bits per heavy atom. The zero-order valence-corrected chi connectivity index (χ0v) is 29.1. The second-order valence-corrected chi connectivity index (χ2v) is 13.6. The number of hydrogen-bond donors (Lipinski definition) is 1. The van der Waals surface area contributed by atoms with Crippen LogP contribution in [0.1, 0.15) is 134 Å². The van der Waals surface area contributed by atoms with Crippen molar-refractivity contribution in [2.24, 2.45) is 0 Å². The van der Waals surface area contributed by atoms with E-state index in [9.17, 15) is 0 Å². The van der Waals surface area contributed by atoms with Gasteiger partial charge >= 0.3 is 0 Å². The number of fused-ring (bicyclic) bond motifs is 3. The van der Waals surface area contributed by atoms with Gasteiger partial charge in [-0.2, -0.15) is 0 Å². The molecule has 2 aliphatic rings. The van der Waals surface area contributed by atoms with Crippen molar-refractivity contribution < 1.29 is 4.74 Å². The molecule has 3 aromatic carbocycles. The maximum absolute atomic E-state index is 6.26. The molecule has 0 spiro atoms. The van der Waals surface area contributed by atoms with Crippen molar-refractivity contribution in [1.29, 1.82) is 0 Å². The molecule has 0 aliphatic carbocycles. The molecule has 2 aliphatic heterocycles. The molecule has 1 N–H and O–H groups in total. The van der Waals surface area contributed by atoms with Crippen molar-refractivity contribution in [2.45, 2.75) is 136 Å². The molecule has 2 heterocycles. The van der Waals surface area contributed by atoms with Crippen LogP contribution in [0.15, 0.2) is 66.7 Å². The SMILES string of the molecule is CCCCCCCCCc1ccc2c(c1CCCCCCCCC)Nc1ccccc1O2.CN1c2ccccc2C=CC1(C)C. The number of rotatable bonds is 16. The van der Waals surface area contributed by atoms with E-state index < -0.39 is 0 Å². The molecule has 45 heavy (non-hydrogen) atoms. The van der Waals surface area contributed by atoms with Crippen LogP contribution < -0.4 is 15.0 Å². The van der Waals surface area contributed by atoms with Gasteiger partial charge in [-0.05, 0) is 80.5 Å². The summed E-state index contributed by atoms with van der Waals surface area (Å²) in [7, 11) is 2.14. The van der Waals surface area contributed by atoms with Crippen LogP contribution in [0.2, 0.25) is 0 Å². The average molecular weight is 609 g/mol. The maximum Gasteiger partial charge on any atom is 0.151 e. The number of aryl methyl sites for hydroxylation is 1. The van der Waals surface area contributed by atoms with Crippen LogP contribution in [0.4, 0.5) is 17.1 Å². The first-order chi connectivity index (χ1) is 21.9. The highest BCUT2D eigenvalue weighted by Crippen LogP contribution is 2.45. The third-order valence-corrected chi connectivity index (χ3v) is 9.65. The van der Waals surface area contributed by atoms with Gasteiger partial charge in [-0.25, -0.2) is 0 Å². The quantitative estimate of drug-likeness (QED) is 0.128. The predicted octanol–water partition coefficient (Wildman–Crippen LogP) is 13.1. The number of nitrogens with one attached hydrogen (secondary N) is 1. The van der Waals surface area contributed by atoms with E-state index in [-0.39, 0.29) is 5.54 Å². The van der Waals surface area contributed by atoms with Gasteiger partial charge in [0.2, 0.25) is 0 Å². The van der Waals surface area contributed by atoms with E-state index in [1.807, 2.05) is 12.1 Å². The Morgan fingerprint density at radius 3 is 1.96 bits per heavy atom. The first kappa shape index (κ1) is 34.7. The first-order valence-electron chi connectivity index (χ1n) is 18.2. The monoisotopic (exact) mass is 608 g/mol. The molecule has 5 rings (SSSR count). The van der Waals surface area contributed by atoms with Crippen molar-refractivity contribution in [3.05, 3.63) is 83.4 Å². The third-order valence-electron chi connectivity index (χ3n) is 9.65. The van der Waals surface area contributed by atoms with Gasteiger partial charge in [0.1, 0.15) is 0 Å². The topological polar surface area (TPSA) is 24.5 Å². The van der Waals surface area contributed by atoms with Gasteiger partial charge in [0, 0.05) is 12.7 Å². The molecular weight excluding hydrogens is 548 g/mol. The fraction of sp³-hybridized carbons (Fsp3) is 0.524. The minimum absolute atomic E-state index is 0.133. The summed E-state index contributed by atoms with van der Waals surface area (Å²) in [6, 6.07) is 21.3. The van der Waals surface area contributed by atoms with Crippen LogP contribution in [0.25, 0.3) is 6.08 Å². The standard InChI is InChI=1S/C30H45NO.C12H15N/c1-3-5-7-9-11-13-15-19-25-23-24-29-30(31-27-21-17-18-22-28(27)32-29)26(25)20-16-14-12-10-8-6-4-2;1-12(2)9-8-10-6-4-5-7-11(10)13(12)3/h17-18,21-24,31H,3-16,19-20H2,1-2H3;4-9H,1-3H3. The number of ether oxygens (including phenoxy) is 1. The molecule has 244 valence electrons. The van der Waals surface area contributed by atoms with Crippen molar-refractivity contribution in [2.75, 3.05) is 17.3 Å². The first-order valence-corrected chi connectivity index (χ1v) is 18.2. The van der Waals surface area contributed by atoms with Gasteiger partial charge in [0.25, 0.3) is 0 Å². The highest BCUT2D eigenvalue weighted by atomic mass is 16.5. The summed E-state index contributed by atoms with van der Waals surface area (Å²) in [5.41, 5.74) is 8.09. The Bertz CT molecular complexity index is 1340. The second-order valence-electron chi connectivity index (χ2n) is 13.6. The highest BCUT2D eigenvalue weighted by molar-refractivity contribution is 5.78. The molecule has 0 fully saturated rings. The zero-order valence-electron chi connectivity index (χ0n) is 29.1. The molecule has 3 nitrogen and oxygen atoms in total. The lowest BCUT2D eigenvalue weighted by Gasteiger charge is -2.38. The molecule has 0 bridgehead atoms. The molecular formula is C42H60N2O. The number of benzene rings is 3. The molecule has 0 saturated heterocycles. The number of likely N-dealkylation sites (N-methyl/N-ethyl adjacent to an activating group) is 1. The smallest absolute Gasteiger partial charge is 0.151 e. The lowest BCUT2D eigenvalue weighted by Crippen LogP contribution is -2.41. The molecule has 0 radical (unpaired) electrons. The Labute approximate surface area is 275 Å². The Balaban J connectivity index is 0.000000293. The number of hydrogen-bond acceptors (Lipinski definition) is 3. The molecule has 3 heteroatoms. The predicted molar refractivity (Wildman–Crippen MR) is 198 cm³/mol. The fourth-order valence-electron chi connectivity index (χ4n) is 6.50. The second kappa shape index (κ2) is 18.1. The zero-order chi connectivity index (χ0) is 31.9. The van der Waals surface area contributed by atoms with Crippen molar-refractivity contribution >= 4 is 23.1 Å². The molecule has 0 aromatic heterocycles. The van der Waals surface area contributed by atoms with E-state index in [1.165, 1.54) is 124 Å². The van der Waals surface area contributed by atoms with Crippen LogP contribution in [0.3, 0.4) is 0 Å². The van der Waals surface area contributed by atoms with Gasteiger partial charge in [0.05, 0.1) is 16.9 Å². The summed E-state index contributed by atoms with van der Waals surface area (Å²) < 4.78 is 6.26. The normalized spacial score (nSPS) is 13.9. The minimum atomic E-state index is 0.133. The van der Waals surface area contributed by atoms with Crippen LogP contribution in [-0.2, 0) is 12.8 Å². The van der Waals surface area contributed by atoms with Crippen LogP contribution in [0, 0.1) is 0 Å². The highest BCUT2D eigenvalue weighted by Gasteiger charge is 2.25. The molecule has 0 atom stereocenters. The van der Waals surface area contributed by atoms with Gasteiger partial charge in [-0.1, -0.05) is 139 Å². The Hall–Kier alpha value is -3.20. The van der Waals surface area contributed by atoms with Crippen molar-refractivity contribution in [3.8, 4) is 11.5 Å². The molecule has 0 saturated carbocycles. The van der Waals surface area contributed by atoms with Crippen LogP contribution >= 0.6 is 0 Å². The average Bonchev–Trinajstić information content (AvgIpc) is 3.06. The van der Waals surface area contributed by atoms with Gasteiger partial charge in [-0.3, -0.25) is 0 Å². The van der Waals surface area contributed by atoms with Crippen LogP contribution in [0.5, 0.6) is 11.5 Å². The van der Waals surface area contributed by atoms with Gasteiger partial charge in [0.15, 0.2) is 11.5 Å². The lowest BCUT2D eigenvalue weighted by atomic mass is 9.93. The summed E-state index contributed by atoms with van der Waals surface area (Å²) in [4.78, 5) is 2.31. The molecule has 0 amide bonds. The molecule has 3 aromatic rings. The number of unbranched alkanes of at least 4 members (excludes halogenated alkanes) is 12. The summed E-state index contributed by atoms with van der Waals surface area (Å²) in [6.07, 6.45) is 25.8. The van der Waals surface area contributed by atoms with E-state index in [4.69, 9.17) is 4.74 Å². The fourth-order valence-corrected chi connectivity index (χ4v) is 6.50. The van der Waals surface area contributed by atoms with Gasteiger partial charge in [-0.15, -0.1) is 0 Å². The minimum Gasteiger partial charge on any atom is -0.453 e. The summed E-state index contributed by atoms with van der Waals surface area (Å²) in [6.45, 7) is 9.02. The van der Waals surface area contributed by atoms with E-state index in [1.54, 1.807) is 0 Å². The van der Waals surface area contributed by atoms with E-state index in [0.29, 0.717) is 0 Å². The number of anilines is 3. The largest absolute Gasteiger partial charge is 0.453 e. The van der Waals surface area contributed by atoms with Crippen molar-refractivity contribution in [1.82, 2.24) is 0 Å². The lowest BCUT2D eigenvalue weighted by molar-refractivity contribution is 0.479. The van der Waals surface area contributed by atoms with Gasteiger partial charge < -0.3 is 15.0 Å². The van der Waals surface area contributed by atoms with E-state index in [0.717, 1.165) is 23.6 Å². The Kier molecular flexibility index (Phi) is 13.9. The number of nitrogens with zero attached hydrogens (tertiary/aromatic N) is 1. The third kappa shape index (κ3) is 10.1. The number of para-hydroxylation sites is 3. The summed E-state index contributed by atoms with van der Waals surface area (Å²) >= 11 is 0. The summed E-state index contributed by atoms with van der Waals surface area (Å²) in [5, 5.41) is 3.72. The molecule has 0 unspecified atom stereocenters. The summed E-state index contributed by atoms with van der Waals surface area (Å²) in [5.74, 6) is 1.92. The van der Waals surface area contributed by atoms with E-state index in [2.05, 4.69) is 106 Å². The maximum atomic E-state index is 6.26.